The topological polar surface area (TPSA) is 140 Å². The smallest absolute Gasteiger partial charge is 0.325 e. The second kappa shape index (κ2) is 9.82. The summed E-state index contributed by atoms with van der Waals surface area (Å²) in [6.45, 7) is 0.973. The lowest BCUT2D eigenvalue weighted by molar-refractivity contribution is -0.143. The van der Waals surface area contributed by atoms with Gasteiger partial charge in [-0.15, -0.1) is 0 Å². The zero-order valence-electron chi connectivity index (χ0n) is 13.3. The van der Waals surface area contributed by atoms with Gasteiger partial charge in [-0.3, -0.25) is 19.2 Å². The van der Waals surface area contributed by atoms with Crippen molar-refractivity contribution in [1.29, 1.82) is 0 Å². The Balaban J connectivity index is 2.27. The number of hydrogen-bond donors (Lipinski definition) is 4. The van der Waals surface area contributed by atoms with Crippen LogP contribution in [0.1, 0.15) is 17.3 Å². The highest BCUT2D eigenvalue weighted by Gasteiger charge is 2.11. The zero-order chi connectivity index (χ0) is 17.9. The van der Waals surface area contributed by atoms with E-state index in [0.29, 0.717) is 5.69 Å². The van der Waals surface area contributed by atoms with Crippen molar-refractivity contribution in [3.63, 3.8) is 0 Å². The van der Waals surface area contributed by atoms with Crippen LogP contribution in [0.5, 0.6) is 0 Å². The third-order valence-corrected chi connectivity index (χ3v) is 2.80. The number of nitrogens with two attached hydrogens (primary N) is 1. The fraction of sp³-hybridized carbons (Fsp3) is 0.333. The van der Waals surface area contributed by atoms with Crippen molar-refractivity contribution < 1.29 is 23.9 Å². The molecule has 0 radical (unpaired) electrons. The zero-order valence-corrected chi connectivity index (χ0v) is 13.3. The summed E-state index contributed by atoms with van der Waals surface area (Å²) < 4.78 is 4.64. The van der Waals surface area contributed by atoms with Crippen molar-refractivity contribution in [1.82, 2.24) is 16.0 Å². The van der Waals surface area contributed by atoms with Crippen LogP contribution in [-0.2, 0) is 19.1 Å². The molecular weight excluding hydrogens is 316 g/mol. The first-order valence-electron chi connectivity index (χ1n) is 7.25. The largest absolute Gasteiger partial charge is 0.465 e. The number of benzene rings is 1. The fourth-order valence-corrected chi connectivity index (χ4v) is 1.65. The van der Waals surface area contributed by atoms with Gasteiger partial charge in [0.1, 0.15) is 6.54 Å². The molecular formula is C15H20N4O5. The Bertz CT molecular complexity index is 618. The first-order valence-corrected chi connectivity index (χ1v) is 7.25. The SMILES string of the molecule is CCOC(=O)CNC(=O)CNC(=O)CNC(=O)c1ccccc1N. The maximum absolute atomic E-state index is 11.8. The van der Waals surface area contributed by atoms with E-state index in [2.05, 4.69) is 20.7 Å². The molecule has 9 heteroatoms. The van der Waals surface area contributed by atoms with Crippen molar-refractivity contribution in [2.75, 3.05) is 32.0 Å². The van der Waals surface area contributed by atoms with Crippen molar-refractivity contribution >= 4 is 29.4 Å². The number of rotatable bonds is 8. The molecule has 0 saturated carbocycles. The molecule has 5 N–H and O–H groups in total. The second-order valence-electron chi connectivity index (χ2n) is 4.63. The van der Waals surface area contributed by atoms with E-state index in [1.54, 1.807) is 25.1 Å². The minimum atomic E-state index is -0.565. The van der Waals surface area contributed by atoms with Gasteiger partial charge in [-0.05, 0) is 19.1 Å². The molecule has 3 amide bonds. The Morgan fingerprint density at radius 1 is 0.958 bits per heavy atom. The van der Waals surface area contributed by atoms with E-state index in [1.165, 1.54) is 6.07 Å². The molecule has 0 aliphatic heterocycles. The summed E-state index contributed by atoms with van der Waals surface area (Å²) in [5.41, 5.74) is 6.21. The van der Waals surface area contributed by atoms with Gasteiger partial charge in [0.25, 0.3) is 5.91 Å². The predicted molar refractivity (Wildman–Crippen MR) is 85.8 cm³/mol. The van der Waals surface area contributed by atoms with Crippen molar-refractivity contribution in [3.8, 4) is 0 Å². The molecule has 0 bridgehead atoms. The number of carbonyl (C=O) groups excluding carboxylic acids is 4. The molecule has 0 heterocycles. The molecule has 0 unspecified atom stereocenters. The first-order chi connectivity index (χ1) is 11.4. The predicted octanol–water partition coefficient (Wildman–Crippen LogP) is -1.21. The van der Waals surface area contributed by atoms with E-state index < -0.39 is 23.7 Å². The van der Waals surface area contributed by atoms with Crippen LogP contribution in [0.2, 0.25) is 0 Å². The molecule has 24 heavy (non-hydrogen) atoms. The summed E-state index contributed by atoms with van der Waals surface area (Å²) in [7, 11) is 0. The van der Waals surface area contributed by atoms with Crippen LogP contribution in [0, 0.1) is 0 Å². The maximum atomic E-state index is 11.8. The van der Waals surface area contributed by atoms with Gasteiger partial charge in [0, 0.05) is 5.69 Å². The molecule has 0 aliphatic carbocycles. The molecule has 0 saturated heterocycles. The average Bonchev–Trinajstić information content (AvgIpc) is 2.56. The quantitative estimate of drug-likeness (QED) is 0.347. The lowest BCUT2D eigenvalue weighted by atomic mass is 10.1. The number of nitrogens with one attached hydrogen (secondary N) is 3. The highest BCUT2D eigenvalue weighted by molar-refractivity contribution is 6.00. The van der Waals surface area contributed by atoms with E-state index in [9.17, 15) is 19.2 Å². The Morgan fingerprint density at radius 3 is 2.17 bits per heavy atom. The Labute approximate surface area is 138 Å². The second-order valence-corrected chi connectivity index (χ2v) is 4.63. The maximum Gasteiger partial charge on any atom is 0.325 e. The minimum Gasteiger partial charge on any atom is -0.465 e. The molecule has 1 rings (SSSR count). The summed E-state index contributed by atoms with van der Waals surface area (Å²) in [6.07, 6.45) is 0. The van der Waals surface area contributed by atoms with Crippen LogP contribution < -0.4 is 21.7 Å². The van der Waals surface area contributed by atoms with Gasteiger partial charge >= 0.3 is 5.97 Å². The standard InChI is InChI=1S/C15H20N4O5/c1-2-24-14(22)9-18-12(20)7-17-13(21)8-19-15(23)10-5-3-4-6-11(10)16/h3-6H,2,7-9,16H2,1H3,(H,17,21)(H,18,20)(H,19,23). The lowest BCUT2D eigenvalue weighted by Gasteiger charge is -2.08. The van der Waals surface area contributed by atoms with Gasteiger partial charge in [0.15, 0.2) is 0 Å². The number of amides is 3. The number of anilines is 1. The number of ether oxygens (including phenoxy) is 1. The summed E-state index contributed by atoms with van der Waals surface area (Å²) in [5, 5.41) is 6.99. The summed E-state index contributed by atoms with van der Waals surface area (Å²) >= 11 is 0. The van der Waals surface area contributed by atoms with E-state index in [1.807, 2.05) is 0 Å². The van der Waals surface area contributed by atoms with Crippen molar-refractivity contribution in [2.24, 2.45) is 0 Å². The van der Waals surface area contributed by atoms with E-state index in [4.69, 9.17) is 5.73 Å². The van der Waals surface area contributed by atoms with Gasteiger partial charge in [0.05, 0.1) is 25.3 Å². The molecule has 9 nitrogen and oxygen atoms in total. The molecule has 0 atom stereocenters. The monoisotopic (exact) mass is 336 g/mol. The number of esters is 1. The molecule has 0 spiro atoms. The Kier molecular flexibility index (Phi) is 7.76. The number of hydrogen-bond acceptors (Lipinski definition) is 6. The number of para-hydroxylation sites is 1. The van der Waals surface area contributed by atoms with E-state index >= 15 is 0 Å². The average molecular weight is 336 g/mol. The van der Waals surface area contributed by atoms with Gasteiger partial charge in [-0.2, -0.15) is 0 Å². The first kappa shape index (κ1) is 18.9. The molecule has 1 aromatic rings. The van der Waals surface area contributed by atoms with Crippen LogP contribution in [0.4, 0.5) is 5.69 Å². The van der Waals surface area contributed by atoms with Crippen molar-refractivity contribution in [2.45, 2.75) is 6.92 Å². The Hall–Kier alpha value is -3.10. The normalized spacial score (nSPS) is 9.71. The van der Waals surface area contributed by atoms with Crippen molar-refractivity contribution in [3.05, 3.63) is 29.8 Å². The lowest BCUT2D eigenvalue weighted by Crippen LogP contribution is -2.43. The summed E-state index contributed by atoms with van der Waals surface area (Å²) in [5.74, 6) is -2.15. The molecule has 1 aromatic carbocycles. The highest BCUT2D eigenvalue weighted by atomic mass is 16.5. The van der Waals surface area contributed by atoms with E-state index in [0.717, 1.165) is 0 Å². The number of nitrogen functional groups attached to an aromatic ring is 1. The highest BCUT2D eigenvalue weighted by Crippen LogP contribution is 2.09. The summed E-state index contributed by atoms with van der Waals surface area (Å²) in [6, 6.07) is 6.45. The fourth-order valence-electron chi connectivity index (χ4n) is 1.65. The van der Waals surface area contributed by atoms with Gasteiger partial charge < -0.3 is 26.4 Å². The van der Waals surface area contributed by atoms with Crippen LogP contribution in [-0.4, -0.2) is 49.9 Å². The van der Waals surface area contributed by atoms with E-state index in [-0.39, 0.29) is 31.8 Å². The van der Waals surface area contributed by atoms with Gasteiger partial charge in [-0.25, -0.2) is 0 Å². The number of carbonyl (C=O) groups is 4. The van der Waals surface area contributed by atoms with Crippen LogP contribution >= 0.6 is 0 Å². The Morgan fingerprint density at radius 2 is 1.54 bits per heavy atom. The molecule has 0 fully saturated rings. The van der Waals surface area contributed by atoms with Crippen LogP contribution in [0.3, 0.4) is 0 Å². The van der Waals surface area contributed by atoms with Gasteiger partial charge in [0.2, 0.25) is 11.8 Å². The van der Waals surface area contributed by atoms with Gasteiger partial charge in [-0.1, -0.05) is 12.1 Å². The molecule has 0 aromatic heterocycles. The minimum absolute atomic E-state index is 0.219. The third-order valence-electron chi connectivity index (χ3n) is 2.80. The third kappa shape index (κ3) is 6.77. The molecule has 0 aliphatic rings. The molecule has 130 valence electrons. The van der Waals surface area contributed by atoms with Crippen LogP contribution in [0.15, 0.2) is 24.3 Å². The summed E-state index contributed by atoms with van der Waals surface area (Å²) in [4.78, 5) is 45.9. The van der Waals surface area contributed by atoms with Crippen LogP contribution in [0.25, 0.3) is 0 Å².